The number of benzene rings is 1. The molecule has 0 bridgehead atoms. The van der Waals surface area contributed by atoms with Gasteiger partial charge in [-0.05, 0) is 45.0 Å². The summed E-state index contributed by atoms with van der Waals surface area (Å²) in [5, 5.41) is 2.65. The topological polar surface area (TPSA) is 74.7 Å². The van der Waals surface area contributed by atoms with Gasteiger partial charge in [-0.3, -0.25) is 9.59 Å². The van der Waals surface area contributed by atoms with Gasteiger partial charge in [-0.25, -0.2) is 4.98 Å². The summed E-state index contributed by atoms with van der Waals surface area (Å²) in [7, 11) is 1.60. The minimum atomic E-state index is -0.407. The van der Waals surface area contributed by atoms with Crippen molar-refractivity contribution in [2.45, 2.75) is 40.2 Å². The number of hydrogen-bond acceptors (Lipinski definition) is 8. The quantitative estimate of drug-likeness (QED) is 0.290. The molecule has 0 aliphatic rings. The van der Waals surface area contributed by atoms with Crippen molar-refractivity contribution < 1.29 is 23.8 Å². The Bertz CT molecular complexity index is 1070. The van der Waals surface area contributed by atoms with Gasteiger partial charge in [0.2, 0.25) is 0 Å². The van der Waals surface area contributed by atoms with Gasteiger partial charge in [-0.2, -0.15) is 0 Å². The minimum Gasteiger partial charge on any atom is -0.493 e. The molecular formula is C23H25NO5S2. The van der Waals surface area contributed by atoms with Crippen molar-refractivity contribution in [1.29, 1.82) is 0 Å². The third-order valence-electron chi connectivity index (χ3n) is 4.54. The lowest BCUT2D eigenvalue weighted by atomic mass is 10.1. The first-order valence-electron chi connectivity index (χ1n) is 9.92. The number of hydrogen-bond donors (Lipinski definition) is 0. The van der Waals surface area contributed by atoms with E-state index < -0.39 is 5.97 Å². The largest absolute Gasteiger partial charge is 0.493 e. The van der Waals surface area contributed by atoms with Crippen LogP contribution in [0.3, 0.4) is 0 Å². The lowest BCUT2D eigenvalue weighted by Gasteiger charge is -2.09. The standard InChI is InChI=1S/C23H25NO5S2/c1-5-28-20-8-6-16(11-21(20)27-4)23-24-17(13-30-23)12-29-22(26)9-7-19(25)18-10-14(2)31-15(18)3/h6,8,10-11,13H,5,7,9,12H2,1-4H3. The molecule has 0 amide bonds. The van der Waals surface area contributed by atoms with Gasteiger partial charge in [0, 0.05) is 32.7 Å². The van der Waals surface area contributed by atoms with Crippen LogP contribution in [0.5, 0.6) is 11.5 Å². The summed E-state index contributed by atoms with van der Waals surface area (Å²) >= 11 is 3.05. The number of thiazole rings is 1. The number of ketones is 1. The van der Waals surface area contributed by atoms with E-state index in [1.165, 1.54) is 11.3 Å². The summed E-state index contributed by atoms with van der Waals surface area (Å²) in [6.07, 6.45) is 0.199. The predicted molar refractivity (Wildman–Crippen MR) is 122 cm³/mol. The van der Waals surface area contributed by atoms with Crippen molar-refractivity contribution in [2.24, 2.45) is 0 Å². The fraction of sp³-hybridized carbons (Fsp3) is 0.348. The van der Waals surface area contributed by atoms with Gasteiger partial charge in [0.1, 0.15) is 11.6 Å². The second-order valence-electron chi connectivity index (χ2n) is 6.85. The van der Waals surface area contributed by atoms with Crippen LogP contribution in [0, 0.1) is 13.8 Å². The molecule has 164 valence electrons. The molecule has 0 atom stereocenters. The van der Waals surface area contributed by atoms with Crippen LogP contribution in [0.2, 0.25) is 0 Å². The number of aryl methyl sites for hydroxylation is 2. The molecule has 0 spiro atoms. The van der Waals surface area contributed by atoms with Crippen LogP contribution in [0.25, 0.3) is 10.6 Å². The first kappa shape index (κ1) is 23.0. The SMILES string of the molecule is CCOc1ccc(-c2nc(COC(=O)CCC(=O)c3cc(C)sc3C)cs2)cc1OC. The van der Waals surface area contributed by atoms with E-state index in [9.17, 15) is 9.59 Å². The number of esters is 1. The zero-order valence-corrected chi connectivity index (χ0v) is 19.7. The molecule has 8 heteroatoms. The van der Waals surface area contributed by atoms with Gasteiger partial charge in [0.05, 0.1) is 25.8 Å². The molecular weight excluding hydrogens is 434 g/mol. The number of aromatic nitrogens is 1. The number of carbonyl (C=O) groups is 2. The summed E-state index contributed by atoms with van der Waals surface area (Å²) in [5.41, 5.74) is 2.26. The van der Waals surface area contributed by atoms with Gasteiger partial charge < -0.3 is 14.2 Å². The molecule has 0 aliphatic carbocycles. The van der Waals surface area contributed by atoms with E-state index in [2.05, 4.69) is 4.98 Å². The highest BCUT2D eigenvalue weighted by atomic mass is 32.1. The number of thiophene rings is 1. The second-order valence-corrected chi connectivity index (χ2v) is 9.17. The zero-order valence-electron chi connectivity index (χ0n) is 18.0. The smallest absolute Gasteiger partial charge is 0.306 e. The molecule has 0 unspecified atom stereocenters. The number of Topliss-reactive ketones (excluding diaryl/α,β-unsaturated/α-hetero) is 1. The average Bonchev–Trinajstić information content (AvgIpc) is 3.37. The second kappa shape index (κ2) is 10.5. The number of carbonyl (C=O) groups excluding carboxylic acids is 2. The van der Waals surface area contributed by atoms with Crippen LogP contribution in [0.15, 0.2) is 29.6 Å². The molecule has 0 fully saturated rings. The number of rotatable bonds is 10. The van der Waals surface area contributed by atoms with Gasteiger partial charge >= 0.3 is 5.97 Å². The fourth-order valence-electron chi connectivity index (χ4n) is 3.07. The molecule has 0 N–H and O–H groups in total. The first-order chi connectivity index (χ1) is 14.9. The lowest BCUT2D eigenvalue weighted by Crippen LogP contribution is -2.08. The van der Waals surface area contributed by atoms with Crippen molar-refractivity contribution in [1.82, 2.24) is 4.98 Å². The van der Waals surface area contributed by atoms with E-state index in [-0.39, 0.29) is 25.2 Å². The van der Waals surface area contributed by atoms with Gasteiger partial charge in [-0.15, -0.1) is 22.7 Å². The van der Waals surface area contributed by atoms with Crippen LogP contribution in [-0.2, 0) is 16.1 Å². The summed E-state index contributed by atoms with van der Waals surface area (Å²) < 4.78 is 16.2. The molecule has 6 nitrogen and oxygen atoms in total. The van der Waals surface area contributed by atoms with E-state index in [1.807, 2.05) is 50.4 Å². The summed E-state index contributed by atoms with van der Waals surface area (Å²) in [6, 6.07) is 7.52. The summed E-state index contributed by atoms with van der Waals surface area (Å²) in [5.74, 6) is 0.888. The molecule has 2 aromatic heterocycles. The van der Waals surface area contributed by atoms with E-state index in [0.717, 1.165) is 20.3 Å². The summed E-state index contributed by atoms with van der Waals surface area (Å²) in [4.78, 5) is 31.0. The van der Waals surface area contributed by atoms with Crippen LogP contribution in [-0.4, -0.2) is 30.5 Å². The van der Waals surface area contributed by atoms with Crippen molar-refractivity contribution in [3.05, 3.63) is 50.7 Å². The Morgan fingerprint density at radius 2 is 1.90 bits per heavy atom. The minimum absolute atomic E-state index is 0.0285. The van der Waals surface area contributed by atoms with Crippen LogP contribution >= 0.6 is 22.7 Å². The van der Waals surface area contributed by atoms with Crippen molar-refractivity contribution in [3.8, 4) is 22.1 Å². The molecule has 1 aromatic carbocycles. The maximum atomic E-state index is 12.3. The Hall–Kier alpha value is -2.71. The van der Waals surface area contributed by atoms with Crippen molar-refractivity contribution in [3.63, 3.8) is 0 Å². The molecule has 2 heterocycles. The Labute approximate surface area is 189 Å². The maximum absolute atomic E-state index is 12.3. The molecule has 0 saturated carbocycles. The van der Waals surface area contributed by atoms with Gasteiger partial charge in [0.15, 0.2) is 17.3 Å². The molecule has 3 aromatic rings. The normalized spacial score (nSPS) is 10.7. The van der Waals surface area contributed by atoms with Gasteiger partial charge in [0.25, 0.3) is 0 Å². The van der Waals surface area contributed by atoms with Crippen molar-refractivity contribution >= 4 is 34.4 Å². The predicted octanol–water partition coefficient (Wildman–Crippen LogP) is 5.60. The molecule has 0 aliphatic heterocycles. The number of methoxy groups -OCH3 is 1. The highest BCUT2D eigenvalue weighted by molar-refractivity contribution is 7.13. The van der Waals surface area contributed by atoms with E-state index in [4.69, 9.17) is 14.2 Å². The first-order valence-corrected chi connectivity index (χ1v) is 11.6. The van der Waals surface area contributed by atoms with E-state index in [0.29, 0.717) is 29.4 Å². The molecule has 0 saturated heterocycles. The monoisotopic (exact) mass is 459 g/mol. The van der Waals surface area contributed by atoms with E-state index in [1.54, 1.807) is 18.4 Å². The highest BCUT2D eigenvalue weighted by Crippen LogP contribution is 2.34. The number of nitrogens with zero attached hydrogens (tertiary/aromatic N) is 1. The van der Waals surface area contributed by atoms with E-state index >= 15 is 0 Å². The van der Waals surface area contributed by atoms with Gasteiger partial charge in [-0.1, -0.05) is 0 Å². The Balaban J connectivity index is 1.53. The van der Waals surface area contributed by atoms with Crippen LogP contribution in [0.1, 0.15) is 45.6 Å². The number of ether oxygens (including phenoxy) is 3. The Morgan fingerprint density at radius 3 is 2.58 bits per heavy atom. The van der Waals surface area contributed by atoms with Crippen LogP contribution < -0.4 is 9.47 Å². The third-order valence-corrected chi connectivity index (χ3v) is 6.45. The molecule has 0 radical (unpaired) electrons. The zero-order chi connectivity index (χ0) is 22.4. The Kier molecular flexibility index (Phi) is 7.81. The molecule has 3 rings (SSSR count). The lowest BCUT2D eigenvalue weighted by molar-refractivity contribution is -0.145. The average molecular weight is 460 g/mol. The highest BCUT2D eigenvalue weighted by Gasteiger charge is 2.15. The molecule has 31 heavy (non-hydrogen) atoms. The third kappa shape index (κ3) is 5.92. The van der Waals surface area contributed by atoms with Crippen molar-refractivity contribution in [2.75, 3.05) is 13.7 Å². The maximum Gasteiger partial charge on any atom is 0.306 e. The Morgan fingerprint density at radius 1 is 1.10 bits per heavy atom. The van der Waals surface area contributed by atoms with Crippen LogP contribution in [0.4, 0.5) is 0 Å². The summed E-state index contributed by atoms with van der Waals surface area (Å²) in [6.45, 7) is 6.44. The fourth-order valence-corrected chi connectivity index (χ4v) is 4.81.